The number of esters is 2. The lowest BCUT2D eigenvalue weighted by molar-refractivity contribution is -0.138. The lowest BCUT2D eigenvalue weighted by atomic mass is 9.90. The molecule has 0 atom stereocenters. The average molecular weight is 954 g/mol. The van der Waals surface area contributed by atoms with E-state index in [1.54, 1.807) is 0 Å². The van der Waals surface area contributed by atoms with Gasteiger partial charge in [0.05, 0.1) is 26.4 Å². The molecule has 6 aromatic carbocycles. The average Bonchev–Trinajstić information content (AvgIpc) is 3.76. The highest BCUT2D eigenvalue weighted by Crippen LogP contribution is 2.47. The Hall–Kier alpha value is -7.65. The molecule has 0 bridgehead atoms. The van der Waals surface area contributed by atoms with Crippen LogP contribution >= 0.6 is 0 Å². The second-order valence-electron chi connectivity index (χ2n) is 17.2. The van der Waals surface area contributed by atoms with Gasteiger partial charge in [0.2, 0.25) is 0 Å². The van der Waals surface area contributed by atoms with Crippen molar-refractivity contribution in [2.24, 2.45) is 0 Å². The molecule has 0 radical (unpaired) electrons. The highest BCUT2D eigenvalue weighted by atomic mass is 16.5. The van der Waals surface area contributed by atoms with Gasteiger partial charge in [-0.3, -0.25) is 0 Å². The standard InChI is InChI=1S/C45H51NO8.C17H16/c1-3-44(47)51-29-11-7-5-9-27-49-39-19-13-35(14-20-39)33-53-41-23-17-37(18-24-41)43-26-25-42(31-38(43)32-46)54-34-36-15-21-40(22-16-36)50-28-10-6-8-12-30-52-45(48)4-2;1-3-12(2)17-15-10-6-4-8-13(15)14-9-5-7-11-16(14)17/h3-4,13-26,31-32,46H,1-2,5-12,27-30,33-34H2;3-11,17H,1-2H3/b;12-3+. The summed E-state index contributed by atoms with van der Waals surface area (Å²) in [5.41, 5.74) is 11.9. The van der Waals surface area contributed by atoms with E-state index in [-0.39, 0.29) is 11.9 Å². The van der Waals surface area contributed by atoms with Gasteiger partial charge in [0.1, 0.15) is 36.2 Å². The van der Waals surface area contributed by atoms with E-state index in [9.17, 15) is 9.59 Å². The Labute approximate surface area is 420 Å². The van der Waals surface area contributed by atoms with E-state index in [4.69, 9.17) is 33.8 Å². The third-order valence-electron chi connectivity index (χ3n) is 12.2. The predicted octanol–water partition coefficient (Wildman–Crippen LogP) is 14.6. The van der Waals surface area contributed by atoms with Crippen LogP contribution in [0.15, 0.2) is 176 Å². The van der Waals surface area contributed by atoms with E-state index in [0.717, 1.165) is 96.4 Å². The van der Waals surface area contributed by atoms with Crippen LogP contribution < -0.4 is 18.9 Å². The van der Waals surface area contributed by atoms with Crippen molar-refractivity contribution < 1.29 is 38.0 Å². The molecule has 0 saturated carbocycles. The fourth-order valence-electron chi connectivity index (χ4n) is 8.21. The van der Waals surface area contributed by atoms with E-state index < -0.39 is 0 Å². The summed E-state index contributed by atoms with van der Waals surface area (Å²) in [6, 6.07) is 47.0. The first-order valence-electron chi connectivity index (χ1n) is 24.6. The van der Waals surface area contributed by atoms with E-state index >= 15 is 0 Å². The Balaban J connectivity index is 0.000000402. The molecule has 0 aromatic heterocycles. The molecular formula is C62H67NO8. The monoisotopic (exact) mass is 953 g/mol. The van der Waals surface area contributed by atoms with Crippen LogP contribution in [-0.2, 0) is 32.3 Å². The van der Waals surface area contributed by atoms with E-state index in [2.05, 4.69) is 81.6 Å². The molecule has 7 rings (SSSR count). The molecule has 0 amide bonds. The van der Waals surface area contributed by atoms with Gasteiger partial charge in [-0.25, -0.2) is 9.59 Å². The second kappa shape index (κ2) is 28.7. The summed E-state index contributed by atoms with van der Waals surface area (Å²) in [6.45, 7) is 14.1. The zero-order valence-electron chi connectivity index (χ0n) is 41.2. The number of hydrogen-bond donors (Lipinski definition) is 1. The van der Waals surface area contributed by atoms with Gasteiger partial charge in [-0.15, -0.1) is 0 Å². The van der Waals surface area contributed by atoms with Gasteiger partial charge in [0.15, 0.2) is 0 Å². The first-order valence-corrected chi connectivity index (χ1v) is 24.6. The highest BCUT2D eigenvalue weighted by molar-refractivity contribution is 5.89. The molecule has 0 fully saturated rings. The van der Waals surface area contributed by atoms with Crippen molar-refractivity contribution in [2.45, 2.75) is 84.3 Å². The number of carbonyl (C=O) groups excluding carboxylic acids is 2. The largest absolute Gasteiger partial charge is 0.494 e. The Kier molecular flexibility index (Phi) is 21.3. The summed E-state index contributed by atoms with van der Waals surface area (Å²) in [5.74, 6) is 2.78. The highest BCUT2D eigenvalue weighted by Gasteiger charge is 2.28. The number of fused-ring (bicyclic) bond motifs is 3. The summed E-state index contributed by atoms with van der Waals surface area (Å²) in [7, 11) is 0. The van der Waals surface area contributed by atoms with Crippen molar-refractivity contribution in [1.29, 1.82) is 5.41 Å². The van der Waals surface area contributed by atoms with Crippen molar-refractivity contribution >= 4 is 18.2 Å². The first kappa shape index (κ1) is 52.7. The van der Waals surface area contributed by atoms with Gasteiger partial charge in [0, 0.05) is 29.8 Å². The zero-order valence-corrected chi connectivity index (χ0v) is 41.2. The van der Waals surface area contributed by atoms with E-state index in [1.165, 1.54) is 46.2 Å². The molecule has 1 aliphatic rings. The molecule has 71 heavy (non-hydrogen) atoms. The van der Waals surface area contributed by atoms with Gasteiger partial charge >= 0.3 is 11.9 Å². The van der Waals surface area contributed by atoms with Crippen molar-refractivity contribution in [3.63, 3.8) is 0 Å². The minimum Gasteiger partial charge on any atom is -0.494 e. The number of nitrogens with one attached hydrogen (secondary N) is 1. The minimum atomic E-state index is -0.378. The molecular weight excluding hydrogens is 887 g/mol. The molecule has 0 unspecified atom stereocenters. The lowest BCUT2D eigenvalue weighted by Crippen LogP contribution is -2.02. The third kappa shape index (κ3) is 16.5. The summed E-state index contributed by atoms with van der Waals surface area (Å²) in [5, 5.41) is 8.03. The normalized spacial score (nSPS) is 11.5. The Morgan fingerprint density at radius 3 is 1.39 bits per heavy atom. The topological polar surface area (TPSA) is 113 Å². The maximum absolute atomic E-state index is 11.0. The van der Waals surface area contributed by atoms with Crippen LogP contribution in [0.2, 0.25) is 0 Å². The summed E-state index contributed by atoms with van der Waals surface area (Å²) < 4.78 is 33.8. The predicted molar refractivity (Wildman–Crippen MR) is 285 cm³/mol. The Morgan fingerprint density at radius 2 is 0.930 bits per heavy atom. The molecule has 0 spiro atoms. The van der Waals surface area contributed by atoms with Crippen LogP contribution in [0.3, 0.4) is 0 Å². The SMILES string of the molecule is C/C=C(\C)C1c2ccccc2-c2ccccc21.C=CC(=O)OCCCCCCOc1ccc(COc2ccc(-c3ccc(OCc4ccc(OCCCCCCOC(=O)C=C)cc4)cc3C=N)cc2)cc1. The number of ether oxygens (including phenoxy) is 6. The minimum absolute atomic E-state index is 0.376. The maximum atomic E-state index is 11.0. The number of carbonyl (C=O) groups is 2. The summed E-state index contributed by atoms with van der Waals surface area (Å²) in [6.07, 6.45) is 13.4. The second-order valence-corrected chi connectivity index (χ2v) is 17.2. The van der Waals surface area contributed by atoms with Crippen molar-refractivity contribution in [3.8, 4) is 45.3 Å². The number of allylic oxidation sites excluding steroid dienone is 2. The van der Waals surface area contributed by atoms with Gasteiger partial charge in [-0.05, 0) is 158 Å². The van der Waals surface area contributed by atoms with Gasteiger partial charge < -0.3 is 33.8 Å². The van der Waals surface area contributed by atoms with Gasteiger partial charge in [0.25, 0.3) is 0 Å². The molecule has 1 aliphatic carbocycles. The van der Waals surface area contributed by atoms with Crippen LogP contribution in [0.4, 0.5) is 0 Å². The van der Waals surface area contributed by atoms with Gasteiger partial charge in [-0.1, -0.05) is 116 Å². The van der Waals surface area contributed by atoms with Crippen molar-refractivity contribution in [2.75, 3.05) is 26.4 Å². The number of unbranched alkanes of at least 4 members (excludes halogenated alkanes) is 6. The quantitative estimate of drug-likeness (QED) is 0.0179. The molecule has 368 valence electrons. The zero-order chi connectivity index (χ0) is 50.0. The van der Waals surface area contributed by atoms with Gasteiger partial charge in [-0.2, -0.15) is 0 Å². The van der Waals surface area contributed by atoms with Crippen molar-refractivity contribution in [3.05, 3.63) is 204 Å². The lowest BCUT2D eigenvalue weighted by Gasteiger charge is -2.14. The molecule has 9 nitrogen and oxygen atoms in total. The van der Waals surface area contributed by atoms with Crippen LogP contribution in [0, 0.1) is 5.41 Å². The maximum Gasteiger partial charge on any atom is 0.330 e. The number of rotatable bonds is 27. The molecule has 0 saturated heterocycles. The Bertz CT molecular complexity index is 2620. The molecule has 0 heterocycles. The Morgan fingerprint density at radius 1 is 0.507 bits per heavy atom. The number of benzene rings is 6. The molecule has 6 aromatic rings. The van der Waals surface area contributed by atoms with Crippen LogP contribution in [0.25, 0.3) is 22.3 Å². The van der Waals surface area contributed by atoms with Crippen LogP contribution in [-0.4, -0.2) is 44.6 Å². The number of hydrogen-bond acceptors (Lipinski definition) is 9. The smallest absolute Gasteiger partial charge is 0.330 e. The third-order valence-corrected chi connectivity index (χ3v) is 12.2. The molecule has 0 aliphatic heterocycles. The van der Waals surface area contributed by atoms with Crippen LogP contribution in [0.1, 0.15) is 98.9 Å². The van der Waals surface area contributed by atoms with Crippen LogP contribution in [0.5, 0.6) is 23.0 Å². The summed E-state index contributed by atoms with van der Waals surface area (Å²) >= 11 is 0. The molecule has 9 heteroatoms. The fourth-order valence-corrected chi connectivity index (χ4v) is 8.21. The molecule has 1 N–H and O–H groups in total. The van der Waals surface area contributed by atoms with E-state index in [1.807, 2.05) is 91.0 Å². The fraction of sp³-hybridized carbons (Fsp3) is 0.274. The summed E-state index contributed by atoms with van der Waals surface area (Å²) in [4.78, 5) is 22.1. The van der Waals surface area contributed by atoms with Crippen molar-refractivity contribution in [1.82, 2.24) is 0 Å². The first-order chi connectivity index (χ1) is 34.8. The van der Waals surface area contributed by atoms with E-state index in [0.29, 0.717) is 51.3 Å².